The van der Waals surface area contributed by atoms with E-state index < -0.39 is 6.09 Å². The summed E-state index contributed by atoms with van der Waals surface area (Å²) < 4.78 is 0.150. The molecule has 1 fully saturated rings. The molecule has 0 bridgehead atoms. The molecule has 9 heteroatoms. The molecule has 0 aliphatic carbocycles. The highest BCUT2D eigenvalue weighted by Gasteiger charge is 2.21. The fraction of sp³-hybridized carbons (Fsp3) is 0.625. The summed E-state index contributed by atoms with van der Waals surface area (Å²) in [6.45, 7) is 0.176. The van der Waals surface area contributed by atoms with E-state index in [2.05, 4.69) is 28.1 Å². The molecule has 6 nitrogen and oxygen atoms in total. The number of thioether (sulfide) groups is 2. The minimum Gasteiger partial charge on any atom is -0.465 e. The van der Waals surface area contributed by atoms with Gasteiger partial charge in [-0.25, -0.2) is 4.79 Å². The fourth-order valence-electron chi connectivity index (χ4n) is 1.15. The van der Waals surface area contributed by atoms with Crippen molar-refractivity contribution in [3.05, 3.63) is 0 Å². The van der Waals surface area contributed by atoms with Crippen LogP contribution in [0.2, 0.25) is 0 Å². The minimum absolute atomic E-state index is 0.0728. The summed E-state index contributed by atoms with van der Waals surface area (Å²) in [4.78, 5) is 10.5. The second-order valence-corrected chi connectivity index (χ2v) is 6.33. The van der Waals surface area contributed by atoms with Crippen molar-refractivity contribution in [2.75, 3.05) is 18.1 Å². The maximum absolute atomic E-state index is 10.5. The molecule has 1 amide bonds. The number of hydrogen-bond donors (Lipinski definition) is 4. The molecular formula is C8H14N4O2S3. The van der Waals surface area contributed by atoms with E-state index >= 15 is 0 Å². The topological polar surface area (TPSA) is 99.7 Å². The van der Waals surface area contributed by atoms with E-state index in [1.54, 1.807) is 23.5 Å². The van der Waals surface area contributed by atoms with E-state index in [4.69, 9.17) is 10.8 Å². The first-order valence-electron chi connectivity index (χ1n) is 4.91. The average Bonchev–Trinajstić information content (AvgIpc) is 2.29. The molecule has 1 aliphatic heterocycles. The lowest BCUT2D eigenvalue weighted by atomic mass is 10.4. The number of carboxylic acid groups (broad SMARTS) is 1. The summed E-state index contributed by atoms with van der Waals surface area (Å²) in [5, 5.41) is 15.0. The summed E-state index contributed by atoms with van der Waals surface area (Å²) in [7, 11) is 0. The van der Waals surface area contributed by atoms with Gasteiger partial charge in [0.1, 0.15) is 0 Å². The van der Waals surface area contributed by atoms with Gasteiger partial charge in [-0.1, -0.05) is 0 Å². The third-order valence-electron chi connectivity index (χ3n) is 1.83. The summed E-state index contributed by atoms with van der Waals surface area (Å²) in [6.07, 6.45) is 0.0904. The number of nitrogens with one attached hydrogen (secondary N) is 2. The van der Waals surface area contributed by atoms with E-state index in [0.29, 0.717) is 5.71 Å². The Bertz CT molecular complexity index is 318. The summed E-state index contributed by atoms with van der Waals surface area (Å²) in [6, 6.07) is 0. The molecule has 0 radical (unpaired) electrons. The molecule has 1 saturated heterocycles. The number of amides is 1. The van der Waals surface area contributed by atoms with Crippen LogP contribution in [0.25, 0.3) is 0 Å². The van der Waals surface area contributed by atoms with Crippen LogP contribution in [-0.2, 0) is 0 Å². The predicted molar refractivity (Wildman–Crippen MR) is 76.7 cm³/mol. The second-order valence-electron chi connectivity index (χ2n) is 3.16. The van der Waals surface area contributed by atoms with Gasteiger partial charge >= 0.3 is 6.09 Å². The Morgan fingerprint density at radius 1 is 1.53 bits per heavy atom. The van der Waals surface area contributed by atoms with Crippen LogP contribution < -0.4 is 16.5 Å². The molecule has 0 aromatic rings. The van der Waals surface area contributed by atoms with E-state index in [1.807, 2.05) is 0 Å². The zero-order valence-electron chi connectivity index (χ0n) is 9.01. The van der Waals surface area contributed by atoms with Gasteiger partial charge in [-0.15, -0.1) is 23.5 Å². The number of carbonyl (C=O) groups is 1. The monoisotopic (exact) mass is 294 g/mol. The molecule has 1 rings (SSSR count). The third-order valence-corrected chi connectivity index (χ3v) is 4.94. The van der Waals surface area contributed by atoms with Crippen LogP contribution in [0.1, 0.15) is 6.42 Å². The maximum Gasteiger partial charge on any atom is 0.404 e. The van der Waals surface area contributed by atoms with Crippen LogP contribution in [0.4, 0.5) is 4.79 Å². The van der Waals surface area contributed by atoms with Gasteiger partial charge in [0.05, 0.1) is 16.8 Å². The van der Waals surface area contributed by atoms with E-state index in [9.17, 15) is 4.79 Å². The van der Waals surface area contributed by atoms with Gasteiger partial charge in [-0.2, -0.15) is 5.10 Å². The molecule has 1 heterocycles. The van der Waals surface area contributed by atoms with E-state index in [-0.39, 0.29) is 16.2 Å². The highest BCUT2D eigenvalue weighted by atomic mass is 32.2. The lowest BCUT2D eigenvalue weighted by Crippen LogP contribution is -2.36. The van der Waals surface area contributed by atoms with Crippen LogP contribution in [0.5, 0.6) is 0 Å². The van der Waals surface area contributed by atoms with Crippen molar-refractivity contribution in [2.24, 2.45) is 10.8 Å². The number of hydrogen-bond acceptors (Lipinski definition) is 5. The summed E-state index contributed by atoms with van der Waals surface area (Å²) in [5.41, 5.74) is 8.50. The number of thiocarbonyl (C=S) groups is 1. The highest BCUT2D eigenvalue weighted by Crippen LogP contribution is 2.31. The molecular weight excluding hydrogens is 280 g/mol. The summed E-state index contributed by atoms with van der Waals surface area (Å²) in [5.74, 6) is 2.10. The van der Waals surface area contributed by atoms with E-state index in [1.165, 1.54) is 0 Å². The zero-order chi connectivity index (χ0) is 12.7. The Hall–Kier alpha value is -0.670. The molecule has 0 atom stereocenters. The SMILES string of the molecule is NC(=S)NN=C(CNC(=O)O)C1SCCCS1. The Morgan fingerprint density at radius 3 is 2.71 bits per heavy atom. The van der Waals surface area contributed by atoms with Gasteiger partial charge < -0.3 is 16.2 Å². The summed E-state index contributed by atoms with van der Waals surface area (Å²) >= 11 is 8.16. The number of nitrogens with zero attached hydrogens (tertiary/aromatic N) is 1. The van der Waals surface area contributed by atoms with E-state index in [0.717, 1.165) is 17.9 Å². The van der Waals surface area contributed by atoms with Gasteiger partial charge in [0.25, 0.3) is 0 Å². The van der Waals surface area contributed by atoms with Gasteiger partial charge in [0, 0.05) is 0 Å². The number of hydrazone groups is 1. The van der Waals surface area contributed by atoms with Crippen LogP contribution in [-0.4, -0.2) is 44.7 Å². The van der Waals surface area contributed by atoms with Crippen molar-refractivity contribution >= 4 is 52.7 Å². The molecule has 5 N–H and O–H groups in total. The first-order valence-corrected chi connectivity index (χ1v) is 7.42. The van der Waals surface area contributed by atoms with Crippen LogP contribution in [0.15, 0.2) is 5.10 Å². The molecule has 0 spiro atoms. The van der Waals surface area contributed by atoms with Crippen molar-refractivity contribution < 1.29 is 9.90 Å². The van der Waals surface area contributed by atoms with Gasteiger partial charge in [-0.05, 0) is 30.1 Å². The quantitative estimate of drug-likeness (QED) is 0.343. The third kappa shape index (κ3) is 5.99. The normalized spacial score (nSPS) is 17.5. The molecule has 0 aromatic heterocycles. The van der Waals surface area contributed by atoms with Crippen LogP contribution >= 0.6 is 35.7 Å². The lowest BCUT2D eigenvalue weighted by molar-refractivity contribution is 0.196. The van der Waals surface area contributed by atoms with Crippen LogP contribution in [0.3, 0.4) is 0 Å². The molecule has 1 aliphatic rings. The highest BCUT2D eigenvalue weighted by molar-refractivity contribution is 8.18. The van der Waals surface area contributed by atoms with Crippen molar-refractivity contribution in [1.29, 1.82) is 0 Å². The first-order chi connectivity index (χ1) is 8.09. The maximum atomic E-state index is 10.5. The Labute approximate surface area is 113 Å². The minimum atomic E-state index is -1.07. The van der Waals surface area contributed by atoms with Crippen molar-refractivity contribution in [2.45, 2.75) is 11.0 Å². The molecule has 0 saturated carbocycles. The van der Waals surface area contributed by atoms with Crippen molar-refractivity contribution in [1.82, 2.24) is 10.7 Å². The zero-order valence-corrected chi connectivity index (χ0v) is 11.5. The molecule has 17 heavy (non-hydrogen) atoms. The smallest absolute Gasteiger partial charge is 0.404 e. The lowest BCUT2D eigenvalue weighted by Gasteiger charge is -2.22. The van der Waals surface area contributed by atoms with Crippen molar-refractivity contribution in [3.63, 3.8) is 0 Å². The number of rotatable bonds is 4. The Morgan fingerprint density at radius 2 is 2.18 bits per heavy atom. The molecule has 0 aromatic carbocycles. The predicted octanol–water partition coefficient (Wildman–Crippen LogP) is 0.639. The Kier molecular flexibility index (Phi) is 6.45. The average molecular weight is 294 g/mol. The molecule has 96 valence electrons. The van der Waals surface area contributed by atoms with Gasteiger partial charge in [0.15, 0.2) is 5.11 Å². The Balaban J connectivity index is 2.59. The fourth-order valence-corrected chi connectivity index (χ4v) is 4.05. The van der Waals surface area contributed by atoms with Crippen LogP contribution in [0, 0.1) is 0 Å². The second kappa shape index (κ2) is 7.62. The number of nitrogens with two attached hydrogens (primary N) is 1. The standard InChI is InChI=1S/C8H14N4O2S3/c9-7(15)12-11-5(4-10-8(13)14)6-16-2-1-3-17-6/h6,10H,1-4H2,(H,13,14)(H3,9,12,15). The molecule has 0 unspecified atom stereocenters. The largest absolute Gasteiger partial charge is 0.465 e. The van der Waals surface area contributed by atoms with Gasteiger partial charge in [-0.3, -0.25) is 5.43 Å². The van der Waals surface area contributed by atoms with Gasteiger partial charge in [0.2, 0.25) is 0 Å². The van der Waals surface area contributed by atoms with Crippen molar-refractivity contribution in [3.8, 4) is 0 Å². The first kappa shape index (κ1) is 14.4.